The van der Waals surface area contributed by atoms with Crippen LogP contribution in [-0.2, 0) is 9.47 Å². The number of aryl methyl sites for hydroxylation is 3. The highest BCUT2D eigenvalue weighted by Gasteiger charge is 2.19. The van der Waals surface area contributed by atoms with Crippen molar-refractivity contribution in [1.82, 2.24) is 44.9 Å². The summed E-state index contributed by atoms with van der Waals surface area (Å²) in [5.41, 5.74) is 15.3. The van der Waals surface area contributed by atoms with E-state index in [1.165, 1.54) is 34.0 Å². The van der Waals surface area contributed by atoms with Gasteiger partial charge in [-0.3, -0.25) is 15.0 Å². The number of benzene rings is 3. The number of esters is 2. The van der Waals surface area contributed by atoms with E-state index < -0.39 is 5.97 Å². The molecule has 83 heavy (non-hydrogen) atoms. The normalized spacial score (nSPS) is 10.6. The van der Waals surface area contributed by atoms with E-state index >= 15 is 0 Å². The van der Waals surface area contributed by atoms with Crippen molar-refractivity contribution in [3.63, 3.8) is 0 Å². The smallest absolute Gasteiger partial charge is 0.348 e. The summed E-state index contributed by atoms with van der Waals surface area (Å²) >= 11 is 9.82. The van der Waals surface area contributed by atoms with Crippen molar-refractivity contribution in [2.24, 2.45) is 0 Å². The molecule has 18 nitrogen and oxygen atoms in total. The van der Waals surface area contributed by atoms with Gasteiger partial charge in [-0.2, -0.15) is 0 Å². The standard InChI is InChI=1S/C21H18N4O2S.C19H14N4O2S.C12H13NO2S.C9H6ClN3/c1-3-27-20(26)19-13(2)15-12-14(7-8-18(15)28-19)24-21-23-11-9-17(25-21)16-6-4-5-10-22-16;1-11-13-10-12(5-6-16(13)26-17(11)18(24)25)22-19-21-9-7-15(23-19)14-4-2-3-8-20-14;1-3-15-12(14)11-7(2)9-6-8(13)4-5-10(9)16-11;10-9-12-6-4-8(13-9)7-3-1-2-5-11-7/h4-12H,3H2,1-2H3,(H,23,24,25);2-10H,1H3,(H,24,25)(H,21,22,23);4-6H,3,13H2,1-2H3;1-6H. The number of thiophene rings is 3. The number of nitrogen functional groups attached to an aromatic ring is 1. The number of pyridine rings is 3. The van der Waals surface area contributed by atoms with E-state index in [1.54, 1.807) is 56.2 Å². The van der Waals surface area contributed by atoms with Gasteiger partial charge < -0.3 is 30.9 Å². The van der Waals surface area contributed by atoms with Gasteiger partial charge in [-0.25, -0.2) is 44.3 Å². The van der Waals surface area contributed by atoms with E-state index in [-0.39, 0.29) is 17.2 Å². The lowest BCUT2D eigenvalue weighted by molar-refractivity contribution is 0.0521. The summed E-state index contributed by atoms with van der Waals surface area (Å²) in [6, 6.07) is 39.7. The van der Waals surface area contributed by atoms with E-state index in [1.807, 2.05) is 143 Å². The quantitative estimate of drug-likeness (QED) is 0.0504. The van der Waals surface area contributed by atoms with Crippen LogP contribution in [0.5, 0.6) is 0 Å². The molecule has 0 atom stereocenters. The Kier molecular flexibility index (Phi) is 19.0. The summed E-state index contributed by atoms with van der Waals surface area (Å²) in [7, 11) is 0. The summed E-state index contributed by atoms with van der Waals surface area (Å²) in [6.07, 6.45) is 10.2. The van der Waals surface area contributed by atoms with E-state index in [9.17, 15) is 19.5 Å². The van der Waals surface area contributed by atoms with Gasteiger partial charge in [0, 0.05) is 68.3 Å². The molecule has 0 unspecified atom stereocenters. The second-order valence-corrected chi connectivity index (χ2v) is 21.2. The van der Waals surface area contributed by atoms with E-state index in [0.717, 1.165) is 92.5 Å². The van der Waals surface area contributed by atoms with Crippen molar-refractivity contribution in [3.05, 3.63) is 201 Å². The second-order valence-electron chi connectivity index (χ2n) is 17.7. The third kappa shape index (κ3) is 14.5. The number of aromatic carboxylic acids is 1. The number of halogens is 1. The summed E-state index contributed by atoms with van der Waals surface area (Å²) < 4.78 is 13.2. The largest absolute Gasteiger partial charge is 0.477 e. The molecule has 0 spiro atoms. The number of rotatable bonds is 12. The first-order valence-corrected chi connectivity index (χ1v) is 28.4. The van der Waals surface area contributed by atoms with Gasteiger partial charge in [0.25, 0.3) is 0 Å². The van der Waals surface area contributed by atoms with Crippen LogP contribution in [0.3, 0.4) is 0 Å². The molecule has 22 heteroatoms. The summed E-state index contributed by atoms with van der Waals surface area (Å²) in [5.74, 6) is -0.480. The number of ether oxygens (including phenoxy) is 2. The van der Waals surface area contributed by atoms with Crippen LogP contribution in [0.15, 0.2) is 165 Å². The van der Waals surface area contributed by atoms with Crippen LogP contribution < -0.4 is 16.4 Å². The van der Waals surface area contributed by atoms with Gasteiger partial charge in [0.05, 0.1) is 47.4 Å². The number of nitrogens with two attached hydrogens (primary N) is 1. The molecule has 0 fully saturated rings. The fourth-order valence-electron chi connectivity index (χ4n) is 8.22. The van der Waals surface area contributed by atoms with Crippen molar-refractivity contribution in [3.8, 4) is 34.2 Å². The molecule has 9 heterocycles. The number of hydrogen-bond donors (Lipinski definition) is 4. The molecule has 9 aromatic heterocycles. The molecule has 0 aliphatic heterocycles. The zero-order valence-electron chi connectivity index (χ0n) is 45.2. The lowest BCUT2D eigenvalue weighted by Gasteiger charge is -2.07. The maximum Gasteiger partial charge on any atom is 0.348 e. The Labute approximate surface area is 493 Å². The zero-order valence-corrected chi connectivity index (χ0v) is 48.4. The maximum absolute atomic E-state index is 12.1. The maximum atomic E-state index is 12.1. The monoisotopic (exact) mass is 1180 g/mol. The number of hydrogen-bond acceptors (Lipinski definition) is 20. The van der Waals surface area contributed by atoms with Gasteiger partial charge >= 0.3 is 17.9 Å². The number of anilines is 5. The van der Waals surface area contributed by atoms with Crippen LogP contribution in [0, 0.1) is 20.8 Å². The number of nitrogens with zero attached hydrogens (tertiary/aromatic N) is 9. The van der Waals surface area contributed by atoms with Gasteiger partial charge in [0.1, 0.15) is 14.6 Å². The molecule has 0 saturated carbocycles. The topological polar surface area (TPSA) is 256 Å². The minimum absolute atomic E-state index is 0.239. The van der Waals surface area contributed by atoms with E-state index in [2.05, 4.69) is 55.5 Å². The minimum atomic E-state index is -0.899. The summed E-state index contributed by atoms with van der Waals surface area (Å²) in [5, 5.41) is 18.9. The Morgan fingerprint density at radius 1 is 0.482 bits per heavy atom. The predicted octanol–water partition coefficient (Wildman–Crippen LogP) is 14.6. The molecular formula is C61H51ClN12O6S3. The van der Waals surface area contributed by atoms with Crippen LogP contribution in [0.2, 0.25) is 5.28 Å². The van der Waals surface area contributed by atoms with Crippen LogP contribution in [0.4, 0.5) is 29.0 Å². The third-order valence-electron chi connectivity index (χ3n) is 12.2. The first-order chi connectivity index (χ1) is 40.3. The predicted molar refractivity (Wildman–Crippen MR) is 330 cm³/mol. The molecule has 12 rings (SSSR count). The molecular weight excluding hydrogens is 1130 g/mol. The van der Waals surface area contributed by atoms with Gasteiger partial charge in [0.2, 0.25) is 17.2 Å². The Morgan fingerprint density at radius 3 is 1.29 bits per heavy atom. The Morgan fingerprint density at radius 2 is 0.880 bits per heavy atom. The number of nitrogens with one attached hydrogen (secondary N) is 2. The highest BCUT2D eigenvalue weighted by Crippen LogP contribution is 2.36. The summed E-state index contributed by atoms with van der Waals surface area (Å²) in [4.78, 5) is 75.0. The van der Waals surface area contributed by atoms with Gasteiger partial charge in [0.15, 0.2) is 0 Å². The first-order valence-electron chi connectivity index (χ1n) is 25.6. The third-order valence-corrected chi connectivity index (χ3v) is 16.1. The molecule has 0 saturated heterocycles. The Bertz CT molecular complexity index is 4250. The molecule has 12 aromatic rings. The highest BCUT2D eigenvalue weighted by molar-refractivity contribution is 7.21. The lowest BCUT2D eigenvalue weighted by Crippen LogP contribution is -2.03. The Balaban J connectivity index is 0.000000139. The van der Waals surface area contributed by atoms with Crippen LogP contribution in [0.1, 0.15) is 59.6 Å². The SMILES string of the molecule is CCOC(=O)c1sc2ccc(N)cc2c1C.CCOC(=O)c1sc2ccc(Nc3nccc(-c4ccccn4)n3)cc2c1C.Cc1c(C(=O)O)sc2ccc(Nc3nccc(-c4ccccn4)n3)cc12.Clc1nccc(-c2ccccn2)n1. The molecule has 5 N–H and O–H groups in total. The molecule has 0 aliphatic carbocycles. The van der Waals surface area contributed by atoms with Crippen LogP contribution in [-0.4, -0.2) is 81.1 Å². The van der Waals surface area contributed by atoms with Crippen molar-refractivity contribution in [2.45, 2.75) is 34.6 Å². The van der Waals surface area contributed by atoms with Gasteiger partial charge in [-0.15, -0.1) is 34.0 Å². The van der Waals surface area contributed by atoms with Crippen molar-refractivity contribution < 1.29 is 29.0 Å². The average molecular weight is 1180 g/mol. The first kappa shape index (κ1) is 58.0. The van der Waals surface area contributed by atoms with E-state index in [0.29, 0.717) is 45.4 Å². The zero-order chi connectivity index (χ0) is 58.4. The van der Waals surface area contributed by atoms with Crippen LogP contribution in [0.25, 0.3) is 64.4 Å². The Hall–Kier alpha value is -9.67. The molecule has 0 bridgehead atoms. The fraction of sp³-hybridized carbons (Fsp3) is 0.115. The molecule has 0 aliphatic rings. The number of fused-ring (bicyclic) bond motifs is 3. The van der Waals surface area contributed by atoms with Crippen molar-refractivity contribution >= 4 is 123 Å². The van der Waals surface area contributed by atoms with Crippen molar-refractivity contribution in [1.29, 1.82) is 0 Å². The van der Waals surface area contributed by atoms with Gasteiger partial charge in [-0.1, -0.05) is 18.2 Å². The molecule has 416 valence electrons. The fourth-order valence-corrected chi connectivity index (χ4v) is 11.6. The lowest BCUT2D eigenvalue weighted by atomic mass is 10.1. The second kappa shape index (κ2) is 27.2. The number of carbonyl (C=O) groups excluding carboxylic acids is 2. The molecule has 0 radical (unpaired) electrons. The number of carboxylic acid groups (broad SMARTS) is 1. The van der Waals surface area contributed by atoms with Crippen LogP contribution >= 0.6 is 45.6 Å². The van der Waals surface area contributed by atoms with E-state index in [4.69, 9.17) is 26.8 Å². The van der Waals surface area contributed by atoms with Gasteiger partial charge in [-0.05, 0) is 188 Å². The van der Waals surface area contributed by atoms with Crippen molar-refractivity contribution in [2.75, 3.05) is 29.6 Å². The average Bonchev–Trinajstić information content (AvgIpc) is 4.25. The summed E-state index contributed by atoms with van der Waals surface area (Å²) in [6.45, 7) is 10.1. The number of aromatic nitrogens is 9. The molecule has 0 amide bonds. The molecule has 3 aromatic carbocycles. The highest BCUT2D eigenvalue weighted by atomic mass is 35.5. The number of carboxylic acids is 1. The number of carbonyl (C=O) groups is 3. The minimum Gasteiger partial charge on any atom is -0.477 e.